The molecule has 1 aromatic rings. The lowest BCUT2D eigenvalue weighted by Crippen LogP contribution is -2.56. The number of hydrogen-bond acceptors (Lipinski definition) is 4. The van der Waals surface area contributed by atoms with E-state index in [-0.39, 0.29) is 18.0 Å². The van der Waals surface area contributed by atoms with Gasteiger partial charge >= 0.3 is 0 Å². The fourth-order valence-corrected chi connectivity index (χ4v) is 4.39. The molecular weight excluding hydrogens is 300 g/mol. The van der Waals surface area contributed by atoms with Gasteiger partial charge in [0.05, 0.1) is 11.8 Å². The van der Waals surface area contributed by atoms with Gasteiger partial charge in [-0.05, 0) is 43.6 Å². The fourth-order valence-electron chi connectivity index (χ4n) is 4.39. The molecule has 0 saturated carbocycles. The molecule has 128 valence electrons. The summed E-state index contributed by atoms with van der Waals surface area (Å²) in [5, 5.41) is 6.61. The van der Waals surface area contributed by atoms with Gasteiger partial charge in [0.25, 0.3) is 0 Å². The molecule has 0 spiro atoms. The minimum atomic E-state index is 0.0340. The Morgan fingerprint density at radius 1 is 1.17 bits per heavy atom. The molecule has 3 saturated heterocycles. The average molecular weight is 326 g/mol. The van der Waals surface area contributed by atoms with E-state index in [0.717, 1.165) is 13.1 Å². The number of piperidine rings is 3. The minimum Gasteiger partial charge on any atom is -0.378 e. The van der Waals surface area contributed by atoms with Crippen LogP contribution in [0.4, 0.5) is 5.69 Å². The van der Waals surface area contributed by atoms with Crippen LogP contribution in [-0.4, -0.2) is 54.8 Å². The Morgan fingerprint density at radius 3 is 2.42 bits per heavy atom. The quantitative estimate of drug-likeness (QED) is 0.857. The van der Waals surface area contributed by atoms with Crippen LogP contribution in [0.1, 0.15) is 37.8 Å². The van der Waals surface area contributed by atoms with Crippen LogP contribution in [0.3, 0.4) is 0 Å². The maximum atomic E-state index is 12.5. The lowest BCUT2D eigenvalue weighted by atomic mass is 9.78. The van der Waals surface area contributed by atoms with Crippen molar-refractivity contribution in [3.05, 3.63) is 29.8 Å². The molecule has 1 amide bonds. The highest BCUT2D eigenvalue weighted by molar-refractivity contribution is 5.97. The van der Waals surface area contributed by atoms with Crippen LogP contribution in [0.25, 0.3) is 0 Å². The molecule has 2 atom stereocenters. The van der Waals surface area contributed by atoms with Gasteiger partial charge in [0.15, 0.2) is 0 Å². The van der Waals surface area contributed by atoms with Crippen molar-refractivity contribution in [1.29, 1.82) is 0 Å². The summed E-state index contributed by atoms with van der Waals surface area (Å²) in [6.07, 6.45) is 2.88. The van der Waals surface area contributed by atoms with Gasteiger partial charge in [-0.3, -0.25) is 9.69 Å². The highest BCUT2D eigenvalue weighted by Gasteiger charge is 2.50. The molecule has 1 aromatic carbocycles. The van der Waals surface area contributed by atoms with Gasteiger partial charge < -0.3 is 4.90 Å². The summed E-state index contributed by atoms with van der Waals surface area (Å²) < 4.78 is 0. The second-order valence-corrected chi connectivity index (χ2v) is 7.30. The lowest BCUT2D eigenvalue weighted by molar-refractivity contribution is -0.133. The van der Waals surface area contributed by atoms with E-state index in [2.05, 4.69) is 34.1 Å². The number of benzene rings is 1. The Hall–Kier alpha value is -1.88. The molecule has 0 unspecified atom stereocenters. The standard InChI is InChI=1S/C19H26N4O/c1-4-16(24)23-18(14-5-7-15(8-6-14)21(2)3)19-17(20-23)13-9-11-22(19)12-10-13/h5-8,13,18-19H,4,9-12H2,1-3H3/t18-,19+/m0/s1. The Bertz CT molecular complexity index is 658. The smallest absolute Gasteiger partial charge is 0.243 e. The Labute approximate surface area is 143 Å². The van der Waals surface area contributed by atoms with Gasteiger partial charge in [0, 0.05) is 32.1 Å². The summed E-state index contributed by atoms with van der Waals surface area (Å²) >= 11 is 0. The maximum Gasteiger partial charge on any atom is 0.243 e. The van der Waals surface area contributed by atoms with E-state index in [1.165, 1.54) is 29.8 Å². The number of carbonyl (C=O) groups excluding carboxylic acids is 1. The van der Waals surface area contributed by atoms with E-state index in [1.54, 1.807) is 5.01 Å². The largest absolute Gasteiger partial charge is 0.378 e. The highest BCUT2D eigenvalue weighted by atomic mass is 16.2. The van der Waals surface area contributed by atoms with Crippen LogP contribution in [0.15, 0.2) is 29.4 Å². The predicted molar refractivity (Wildman–Crippen MR) is 96.2 cm³/mol. The summed E-state index contributed by atoms with van der Waals surface area (Å²) in [5.74, 6) is 0.692. The van der Waals surface area contributed by atoms with Crippen LogP contribution in [0, 0.1) is 5.92 Å². The monoisotopic (exact) mass is 326 g/mol. The van der Waals surface area contributed by atoms with E-state index in [0.29, 0.717) is 12.3 Å². The van der Waals surface area contributed by atoms with Crippen molar-refractivity contribution in [3.63, 3.8) is 0 Å². The van der Waals surface area contributed by atoms with Gasteiger partial charge in [0.2, 0.25) is 5.91 Å². The number of anilines is 1. The van der Waals surface area contributed by atoms with Crippen molar-refractivity contribution in [1.82, 2.24) is 9.91 Å². The predicted octanol–water partition coefficient (Wildman–Crippen LogP) is 2.50. The first-order valence-electron chi connectivity index (χ1n) is 9.02. The first-order chi connectivity index (χ1) is 11.6. The zero-order chi connectivity index (χ0) is 16.8. The topological polar surface area (TPSA) is 39.2 Å². The number of hydrogen-bond donors (Lipinski definition) is 0. The normalized spacial score (nSPS) is 31.0. The molecule has 0 radical (unpaired) electrons. The van der Waals surface area contributed by atoms with Crippen molar-refractivity contribution in [2.24, 2.45) is 11.0 Å². The van der Waals surface area contributed by atoms with Crippen LogP contribution >= 0.6 is 0 Å². The third kappa shape index (κ3) is 2.34. The van der Waals surface area contributed by atoms with Crippen molar-refractivity contribution in [2.45, 2.75) is 38.3 Å². The highest BCUT2D eigenvalue weighted by Crippen LogP contribution is 2.43. The van der Waals surface area contributed by atoms with E-state index < -0.39 is 0 Å². The molecule has 0 N–H and O–H groups in total. The summed E-state index contributed by atoms with van der Waals surface area (Å²) in [5.41, 5.74) is 3.62. The van der Waals surface area contributed by atoms with E-state index in [1.807, 2.05) is 21.0 Å². The maximum absolute atomic E-state index is 12.5. The zero-order valence-electron chi connectivity index (χ0n) is 14.8. The molecule has 4 aliphatic rings. The fraction of sp³-hybridized carbons (Fsp3) is 0.579. The molecule has 24 heavy (non-hydrogen) atoms. The number of amides is 1. The van der Waals surface area contributed by atoms with Crippen molar-refractivity contribution in [3.8, 4) is 0 Å². The molecule has 4 aliphatic heterocycles. The van der Waals surface area contributed by atoms with Gasteiger partial charge in [-0.15, -0.1) is 0 Å². The summed E-state index contributed by atoms with van der Waals surface area (Å²) in [4.78, 5) is 17.2. The molecule has 5 rings (SSSR count). The second-order valence-electron chi connectivity index (χ2n) is 7.30. The van der Waals surface area contributed by atoms with Gasteiger partial charge in [-0.1, -0.05) is 19.1 Å². The summed E-state index contributed by atoms with van der Waals surface area (Å²) in [6, 6.07) is 8.91. The van der Waals surface area contributed by atoms with Crippen molar-refractivity contribution in [2.75, 3.05) is 32.1 Å². The molecule has 0 aliphatic carbocycles. The number of carbonyl (C=O) groups is 1. The van der Waals surface area contributed by atoms with Crippen LogP contribution < -0.4 is 4.90 Å². The van der Waals surface area contributed by atoms with Crippen LogP contribution in [0.5, 0.6) is 0 Å². The average Bonchev–Trinajstić information content (AvgIpc) is 3.04. The third-order valence-electron chi connectivity index (χ3n) is 5.74. The Balaban J connectivity index is 1.72. The number of fused-ring (bicyclic) bond motifs is 2. The molecule has 5 nitrogen and oxygen atoms in total. The minimum absolute atomic E-state index is 0.0340. The van der Waals surface area contributed by atoms with Crippen LogP contribution in [0.2, 0.25) is 0 Å². The number of nitrogens with zero attached hydrogens (tertiary/aromatic N) is 4. The molecule has 3 fully saturated rings. The second kappa shape index (κ2) is 5.88. The number of rotatable bonds is 3. The zero-order valence-corrected chi connectivity index (χ0v) is 14.8. The van der Waals surface area contributed by atoms with E-state index in [9.17, 15) is 4.79 Å². The molecule has 2 bridgehead atoms. The lowest BCUT2D eigenvalue weighted by Gasteiger charge is -2.46. The third-order valence-corrected chi connectivity index (χ3v) is 5.74. The van der Waals surface area contributed by atoms with Crippen molar-refractivity contribution >= 4 is 17.3 Å². The van der Waals surface area contributed by atoms with Gasteiger partial charge in [-0.2, -0.15) is 5.10 Å². The molecule has 4 heterocycles. The van der Waals surface area contributed by atoms with Gasteiger partial charge in [0.1, 0.15) is 6.04 Å². The first kappa shape index (κ1) is 15.6. The summed E-state index contributed by atoms with van der Waals surface area (Å²) in [6.45, 7) is 4.19. The molecule has 5 heteroatoms. The van der Waals surface area contributed by atoms with E-state index >= 15 is 0 Å². The van der Waals surface area contributed by atoms with Gasteiger partial charge in [-0.25, -0.2) is 5.01 Å². The molecular formula is C19H26N4O. The first-order valence-corrected chi connectivity index (χ1v) is 9.02. The van der Waals surface area contributed by atoms with Crippen LogP contribution in [-0.2, 0) is 4.79 Å². The van der Waals surface area contributed by atoms with E-state index in [4.69, 9.17) is 5.10 Å². The van der Waals surface area contributed by atoms with Crippen molar-refractivity contribution < 1.29 is 4.79 Å². The Kier molecular flexibility index (Phi) is 3.83. The molecule has 0 aromatic heterocycles. The Morgan fingerprint density at radius 2 is 1.83 bits per heavy atom. The SMILES string of the molecule is CCC(=O)N1N=C2C3CCN(CC3)[C@H]2[C@@H]1c1ccc(N(C)C)cc1. The summed E-state index contributed by atoms with van der Waals surface area (Å²) in [7, 11) is 4.09. The number of hydrazone groups is 1.